The van der Waals surface area contributed by atoms with Gasteiger partial charge in [0.2, 0.25) is 11.8 Å². The number of rotatable bonds is 5. The van der Waals surface area contributed by atoms with Crippen molar-refractivity contribution >= 4 is 5.91 Å². The fraction of sp³-hybridized carbons (Fsp3) is 0.579. The monoisotopic (exact) mass is 355 g/mol. The summed E-state index contributed by atoms with van der Waals surface area (Å²) < 4.78 is 7.64. The number of hydrogen-bond acceptors (Lipinski definition) is 5. The zero-order chi connectivity index (χ0) is 17.9. The number of carbonyl (C=O) groups is 1. The number of nitrogens with zero attached hydrogens (tertiary/aromatic N) is 5. The molecule has 0 N–H and O–H groups in total. The molecule has 3 heterocycles. The Morgan fingerprint density at radius 2 is 2.15 bits per heavy atom. The van der Waals surface area contributed by atoms with Gasteiger partial charge in [0.1, 0.15) is 12.3 Å². The Bertz CT molecular complexity index is 768. The van der Waals surface area contributed by atoms with Gasteiger partial charge in [-0.1, -0.05) is 12.8 Å². The molecule has 2 aliphatic rings. The van der Waals surface area contributed by atoms with Crippen molar-refractivity contribution in [2.45, 2.75) is 51.7 Å². The van der Waals surface area contributed by atoms with Gasteiger partial charge in [0.25, 0.3) is 0 Å². The Hall–Kier alpha value is -2.44. The molecule has 1 amide bonds. The van der Waals surface area contributed by atoms with Gasteiger partial charge in [0, 0.05) is 56.6 Å². The largest absolute Gasteiger partial charge is 0.470 e. The first-order chi connectivity index (χ1) is 12.7. The van der Waals surface area contributed by atoms with E-state index in [2.05, 4.69) is 15.1 Å². The SMILES string of the molecule is Cn1nc(COc2cnccn2)c2c1CCN(C(=O)CC1CCCC1)C2. The number of aromatic nitrogens is 4. The summed E-state index contributed by atoms with van der Waals surface area (Å²) in [5, 5.41) is 4.61. The van der Waals surface area contributed by atoms with Gasteiger partial charge in [-0.15, -0.1) is 0 Å². The van der Waals surface area contributed by atoms with Crippen molar-refractivity contribution in [3.63, 3.8) is 0 Å². The van der Waals surface area contributed by atoms with Gasteiger partial charge < -0.3 is 9.64 Å². The highest BCUT2D eigenvalue weighted by Gasteiger charge is 2.28. The standard InChI is InChI=1S/C19H25N5O2/c1-23-17-6-9-24(19(25)10-14-4-2-3-5-14)12-15(17)16(22-23)13-26-18-11-20-7-8-21-18/h7-8,11,14H,2-6,9-10,12-13H2,1H3. The Kier molecular flexibility index (Phi) is 4.86. The van der Waals surface area contributed by atoms with E-state index in [0.717, 1.165) is 24.2 Å². The number of ether oxygens (including phenoxy) is 1. The molecule has 1 saturated carbocycles. The normalized spacial score (nSPS) is 17.3. The van der Waals surface area contributed by atoms with Crippen LogP contribution in [0.1, 0.15) is 49.1 Å². The summed E-state index contributed by atoms with van der Waals surface area (Å²) in [5.74, 6) is 1.35. The first-order valence-electron chi connectivity index (χ1n) is 9.41. The van der Waals surface area contributed by atoms with Gasteiger partial charge in [-0.2, -0.15) is 5.10 Å². The third-order valence-corrected chi connectivity index (χ3v) is 5.51. The van der Waals surface area contributed by atoms with Crippen molar-refractivity contribution in [2.24, 2.45) is 13.0 Å². The van der Waals surface area contributed by atoms with Crippen molar-refractivity contribution in [1.82, 2.24) is 24.6 Å². The first kappa shape index (κ1) is 17.0. The van der Waals surface area contributed by atoms with Gasteiger partial charge in [-0.05, 0) is 18.8 Å². The molecule has 1 fully saturated rings. The summed E-state index contributed by atoms with van der Waals surface area (Å²) in [6.07, 6.45) is 11.3. The lowest BCUT2D eigenvalue weighted by atomic mass is 10.0. The van der Waals surface area contributed by atoms with Gasteiger partial charge in [0.15, 0.2) is 0 Å². The lowest BCUT2D eigenvalue weighted by Crippen LogP contribution is -2.37. The van der Waals surface area contributed by atoms with Crippen LogP contribution in [-0.4, -0.2) is 37.1 Å². The highest BCUT2D eigenvalue weighted by atomic mass is 16.5. The molecule has 138 valence electrons. The van der Waals surface area contributed by atoms with E-state index < -0.39 is 0 Å². The van der Waals surface area contributed by atoms with Crippen LogP contribution in [0.25, 0.3) is 0 Å². The Morgan fingerprint density at radius 3 is 2.92 bits per heavy atom. The maximum Gasteiger partial charge on any atom is 0.232 e. The molecular weight excluding hydrogens is 330 g/mol. The molecule has 0 unspecified atom stereocenters. The average molecular weight is 355 g/mol. The molecule has 0 spiro atoms. The van der Waals surface area contributed by atoms with Crippen molar-refractivity contribution < 1.29 is 9.53 Å². The van der Waals surface area contributed by atoms with Crippen molar-refractivity contribution in [1.29, 1.82) is 0 Å². The fourth-order valence-corrected chi connectivity index (χ4v) is 4.09. The van der Waals surface area contributed by atoms with Gasteiger partial charge in [0.05, 0.1) is 6.20 Å². The van der Waals surface area contributed by atoms with Crippen molar-refractivity contribution in [2.75, 3.05) is 6.54 Å². The molecule has 7 nitrogen and oxygen atoms in total. The number of hydrogen-bond donors (Lipinski definition) is 0. The van der Waals surface area contributed by atoms with Crippen LogP contribution >= 0.6 is 0 Å². The molecule has 0 bridgehead atoms. The van der Waals surface area contributed by atoms with E-state index >= 15 is 0 Å². The molecule has 1 aliphatic carbocycles. The molecule has 0 radical (unpaired) electrons. The second-order valence-corrected chi connectivity index (χ2v) is 7.25. The minimum absolute atomic E-state index is 0.284. The smallest absolute Gasteiger partial charge is 0.232 e. The third kappa shape index (κ3) is 3.57. The lowest BCUT2D eigenvalue weighted by Gasteiger charge is -2.28. The lowest BCUT2D eigenvalue weighted by molar-refractivity contribution is -0.133. The molecular formula is C19H25N5O2. The van der Waals surface area contributed by atoms with Crippen LogP contribution in [0, 0.1) is 5.92 Å². The van der Waals surface area contributed by atoms with Crippen LogP contribution in [0.5, 0.6) is 5.88 Å². The molecule has 4 rings (SSSR count). The summed E-state index contributed by atoms with van der Waals surface area (Å²) in [5.41, 5.74) is 3.21. The van der Waals surface area contributed by atoms with E-state index in [1.165, 1.54) is 31.4 Å². The number of carbonyl (C=O) groups excluding carboxylic acids is 1. The maximum absolute atomic E-state index is 12.7. The molecule has 0 aromatic carbocycles. The van der Waals surface area contributed by atoms with Gasteiger partial charge >= 0.3 is 0 Å². The Labute approximate surface area is 153 Å². The number of aryl methyl sites for hydroxylation is 1. The van der Waals surface area contributed by atoms with E-state index in [-0.39, 0.29) is 5.91 Å². The van der Waals surface area contributed by atoms with E-state index in [9.17, 15) is 4.79 Å². The second kappa shape index (κ2) is 7.43. The van der Waals surface area contributed by atoms with E-state index in [4.69, 9.17) is 4.74 Å². The molecule has 26 heavy (non-hydrogen) atoms. The minimum atomic E-state index is 0.284. The van der Waals surface area contributed by atoms with Crippen LogP contribution in [0.2, 0.25) is 0 Å². The van der Waals surface area contributed by atoms with Crippen LogP contribution < -0.4 is 4.74 Å². The van der Waals surface area contributed by atoms with Gasteiger partial charge in [-0.3, -0.25) is 14.5 Å². The minimum Gasteiger partial charge on any atom is -0.470 e. The quantitative estimate of drug-likeness (QED) is 0.822. The van der Waals surface area contributed by atoms with Gasteiger partial charge in [-0.25, -0.2) is 4.98 Å². The predicted molar refractivity (Wildman–Crippen MR) is 95.3 cm³/mol. The molecule has 1 aliphatic heterocycles. The molecule has 0 atom stereocenters. The zero-order valence-electron chi connectivity index (χ0n) is 15.2. The average Bonchev–Trinajstić information content (AvgIpc) is 3.28. The summed E-state index contributed by atoms with van der Waals surface area (Å²) >= 11 is 0. The van der Waals surface area contributed by atoms with E-state index in [1.807, 2.05) is 16.6 Å². The van der Waals surface area contributed by atoms with Crippen molar-refractivity contribution in [3.8, 4) is 5.88 Å². The summed E-state index contributed by atoms with van der Waals surface area (Å²) in [6, 6.07) is 0. The van der Waals surface area contributed by atoms with Crippen LogP contribution in [0.4, 0.5) is 0 Å². The molecule has 7 heteroatoms. The Morgan fingerprint density at radius 1 is 1.31 bits per heavy atom. The molecule has 2 aromatic rings. The van der Waals surface area contributed by atoms with Crippen LogP contribution in [0.3, 0.4) is 0 Å². The fourth-order valence-electron chi connectivity index (χ4n) is 4.09. The van der Waals surface area contributed by atoms with E-state index in [0.29, 0.717) is 31.4 Å². The maximum atomic E-state index is 12.7. The Balaban J connectivity index is 1.44. The van der Waals surface area contributed by atoms with Crippen LogP contribution in [-0.2, 0) is 31.4 Å². The van der Waals surface area contributed by atoms with Crippen LogP contribution in [0.15, 0.2) is 18.6 Å². The molecule has 0 saturated heterocycles. The molecule has 2 aromatic heterocycles. The summed E-state index contributed by atoms with van der Waals surface area (Å²) in [6.45, 7) is 1.75. The summed E-state index contributed by atoms with van der Waals surface area (Å²) in [7, 11) is 1.96. The van der Waals surface area contributed by atoms with E-state index in [1.54, 1.807) is 18.6 Å². The highest BCUT2D eigenvalue weighted by Crippen LogP contribution is 2.29. The predicted octanol–water partition coefficient (Wildman–Crippen LogP) is 2.25. The second-order valence-electron chi connectivity index (χ2n) is 7.25. The topological polar surface area (TPSA) is 73.1 Å². The van der Waals surface area contributed by atoms with Crippen molar-refractivity contribution in [3.05, 3.63) is 35.5 Å². The highest BCUT2D eigenvalue weighted by molar-refractivity contribution is 5.76. The first-order valence-corrected chi connectivity index (χ1v) is 9.41. The third-order valence-electron chi connectivity index (χ3n) is 5.51. The zero-order valence-corrected chi connectivity index (χ0v) is 15.2. The number of fused-ring (bicyclic) bond motifs is 1. The summed E-state index contributed by atoms with van der Waals surface area (Å²) in [4.78, 5) is 22.8. The number of amides is 1.